The lowest BCUT2D eigenvalue weighted by Crippen LogP contribution is -1.95. The Morgan fingerprint density at radius 1 is 1.00 bits per heavy atom. The molecule has 0 unspecified atom stereocenters. The summed E-state index contributed by atoms with van der Waals surface area (Å²) in [6.45, 7) is 0. The molecule has 4 rings (SSSR count). The first-order valence-electron chi connectivity index (χ1n) is 7.42. The molecule has 0 radical (unpaired) electrons. The monoisotopic (exact) mass is 367 g/mol. The van der Waals surface area contributed by atoms with Gasteiger partial charge in [-0.1, -0.05) is 65.6 Å². The van der Waals surface area contributed by atoms with Gasteiger partial charge in [0.2, 0.25) is 0 Å². The Morgan fingerprint density at radius 2 is 1.83 bits per heavy atom. The van der Waals surface area contributed by atoms with Gasteiger partial charge in [0.05, 0.1) is 11.2 Å². The largest absolute Gasteiger partial charge is 0.256 e. The highest BCUT2D eigenvalue weighted by Crippen LogP contribution is 2.29. The fourth-order valence-corrected chi connectivity index (χ4v) is 4.82. The zero-order chi connectivity index (χ0) is 16.4. The summed E-state index contributed by atoms with van der Waals surface area (Å²) < 4.78 is 3.56. The van der Waals surface area contributed by atoms with Crippen LogP contribution in [0.3, 0.4) is 0 Å². The molecule has 0 atom stereocenters. The van der Waals surface area contributed by atoms with Crippen molar-refractivity contribution in [1.82, 2.24) is 14.8 Å². The number of rotatable bonds is 4. The zero-order valence-corrected chi connectivity index (χ0v) is 15.1. The minimum atomic E-state index is 0.764. The van der Waals surface area contributed by atoms with E-state index in [0.717, 1.165) is 30.6 Å². The van der Waals surface area contributed by atoms with Crippen LogP contribution < -0.4 is 0 Å². The van der Waals surface area contributed by atoms with Gasteiger partial charge < -0.3 is 0 Å². The molecule has 118 valence electrons. The molecule has 0 fully saturated rings. The third-order valence-corrected chi connectivity index (χ3v) is 6.01. The summed E-state index contributed by atoms with van der Waals surface area (Å²) in [6.07, 6.45) is 1.84. The quantitative estimate of drug-likeness (QED) is 0.352. The molecule has 0 bridgehead atoms. The average Bonchev–Trinajstić information content (AvgIpc) is 3.01. The standard InChI is InChI=1S/C18H13N3S3/c22-18-21(15-9-2-1-3-10-15)20-17(24-18)23-12-14-7-4-6-13-8-5-11-19-16(13)14/h1-11H,12H2. The van der Waals surface area contributed by atoms with Gasteiger partial charge in [0.25, 0.3) is 0 Å². The van der Waals surface area contributed by atoms with E-state index in [9.17, 15) is 0 Å². The number of hydrogen-bond acceptors (Lipinski definition) is 5. The molecule has 2 heterocycles. The van der Waals surface area contributed by atoms with Crippen molar-refractivity contribution in [3.63, 3.8) is 0 Å². The van der Waals surface area contributed by atoms with Crippen LogP contribution in [0.5, 0.6) is 0 Å². The molecule has 0 aliphatic carbocycles. The maximum Gasteiger partial charge on any atom is 0.184 e. The highest BCUT2D eigenvalue weighted by atomic mass is 32.2. The molecule has 0 aliphatic heterocycles. The number of hydrogen-bond donors (Lipinski definition) is 0. The maximum atomic E-state index is 5.46. The Hall–Kier alpha value is -2.02. The molecule has 0 N–H and O–H groups in total. The first-order chi connectivity index (χ1) is 11.8. The van der Waals surface area contributed by atoms with Gasteiger partial charge in [-0.3, -0.25) is 4.98 Å². The molecule has 0 saturated heterocycles. The van der Waals surface area contributed by atoms with E-state index in [4.69, 9.17) is 12.2 Å². The normalized spacial score (nSPS) is 11.0. The number of aromatic nitrogens is 3. The Labute approximate surface area is 153 Å². The fourth-order valence-electron chi connectivity index (χ4n) is 2.47. The molecule has 0 aliphatic rings. The Balaban J connectivity index is 1.59. The van der Waals surface area contributed by atoms with Crippen molar-refractivity contribution in [2.75, 3.05) is 0 Å². The van der Waals surface area contributed by atoms with Crippen molar-refractivity contribution in [3.05, 3.63) is 76.4 Å². The minimum Gasteiger partial charge on any atom is -0.256 e. The van der Waals surface area contributed by atoms with E-state index < -0.39 is 0 Å². The van der Waals surface area contributed by atoms with Crippen LogP contribution in [0.25, 0.3) is 16.6 Å². The second-order valence-electron chi connectivity index (χ2n) is 5.16. The third-order valence-electron chi connectivity index (χ3n) is 3.60. The predicted octanol–water partition coefficient (Wildman–Crippen LogP) is 5.50. The SMILES string of the molecule is S=c1sc(SCc2cccc3cccnc23)nn1-c1ccccc1. The van der Waals surface area contributed by atoms with Gasteiger partial charge in [0.1, 0.15) is 0 Å². The summed E-state index contributed by atoms with van der Waals surface area (Å²) in [5.41, 5.74) is 3.27. The van der Waals surface area contributed by atoms with E-state index in [-0.39, 0.29) is 0 Å². The van der Waals surface area contributed by atoms with E-state index in [0.29, 0.717) is 0 Å². The highest BCUT2D eigenvalue weighted by molar-refractivity contribution is 8.00. The lowest BCUT2D eigenvalue weighted by Gasteiger charge is -2.04. The molecule has 0 saturated carbocycles. The van der Waals surface area contributed by atoms with E-state index in [1.807, 2.05) is 47.3 Å². The molecule has 6 heteroatoms. The lowest BCUT2D eigenvalue weighted by molar-refractivity contribution is 0.829. The topological polar surface area (TPSA) is 30.7 Å². The van der Waals surface area contributed by atoms with Crippen LogP contribution in [0.15, 0.2) is 71.2 Å². The van der Waals surface area contributed by atoms with E-state index in [1.165, 1.54) is 5.56 Å². The second-order valence-corrected chi connectivity index (χ2v) is 8.01. The molecular formula is C18H13N3S3. The first-order valence-corrected chi connectivity index (χ1v) is 9.63. The van der Waals surface area contributed by atoms with Gasteiger partial charge in [0, 0.05) is 17.3 Å². The number of para-hydroxylation sites is 2. The highest BCUT2D eigenvalue weighted by Gasteiger charge is 2.08. The van der Waals surface area contributed by atoms with Gasteiger partial charge in [-0.2, -0.15) is 0 Å². The van der Waals surface area contributed by atoms with E-state index >= 15 is 0 Å². The van der Waals surface area contributed by atoms with Crippen LogP contribution in [0.4, 0.5) is 0 Å². The zero-order valence-electron chi connectivity index (χ0n) is 12.6. The Kier molecular flexibility index (Phi) is 4.42. The number of pyridine rings is 1. The number of fused-ring (bicyclic) bond motifs is 1. The minimum absolute atomic E-state index is 0.764. The van der Waals surface area contributed by atoms with Gasteiger partial charge >= 0.3 is 0 Å². The van der Waals surface area contributed by atoms with Crippen molar-refractivity contribution in [3.8, 4) is 5.69 Å². The molecule has 24 heavy (non-hydrogen) atoms. The van der Waals surface area contributed by atoms with Crippen molar-refractivity contribution < 1.29 is 0 Å². The van der Waals surface area contributed by atoms with Crippen molar-refractivity contribution in [2.45, 2.75) is 10.1 Å². The van der Waals surface area contributed by atoms with Crippen LogP contribution in [-0.2, 0) is 5.75 Å². The van der Waals surface area contributed by atoms with Crippen LogP contribution in [0.1, 0.15) is 5.56 Å². The van der Waals surface area contributed by atoms with Crippen molar-refractivity contribution in [1.29, 1.82) is 0 Å². The van der Waals surface area contributed by atoms with Crippen LogP contribution >= 0.6 is 35.3 Å². The molecule has 2 aromatic carbocycles. The summed E-state index contributed by atoms with van der Waals surface area (Å²) >= 11 is 8.70. The number of benzene rings is 2. The summed E-state index contributed by atoms with van der Waals surface area (Å²) in [6, 6.07) is 20.3. The number of nitrogens with zero attached hydrogens (tertiary/aromatic N) is 3. The fraction of sp³-hybridized carbons (Fsp3) is 0.0556. The molecular weight excluding hydrogens is 354 g/mol. The van der Waals surface area contributed by atoms with Gasteiger partial charge in [-0.25, -0.2) is 4.68 Å². The van der Waals surface area contributed by atoms with E-state index in [1.54, 1.807) is 23.1 Å². The van der Waals surface area contributed by atoms with Gasteiger partial charge in [0.15, 0.2) is 8.29 Å². The van der Waals surface area contributed by atoms with Crippen LogP contribution in [0.2, 0.25) is 0 Å². The average molecular weight is 368 g/mol. The van der Waals surface area contributed by atoms with Gasteiger partial charge in [-0.15, -0.1) is 5.10 Å². The van der Waals surface area contributed by atoms with Crippen molar-refractivity contribution in [2.24, 2.45) is 0 Å². The molecule has 4 aromatic rings. The predicted molar refractivity (Wildman–Crippen MR) is 104 cm³/mol. The lowest BCUT2D eigenvalue weighted by atomic mass is 10.1. The summed E-state index contributed by atoms with van der Waals surface area (Å²) in [4.78, 5) is 4.51. The summed E-state index contributed by atoms with van der Waals surface area (Å²) in [5, 5.41) is 5.81. The van der Waals surface area contributed by atoms with Crippen LogP contribution in [-0.4, -0.2) is 14.8 Å². The molecule has 2 aromatic heterocycles. The number of thioether (sulfide) groups is 1. The summed E-state index contributed by atoms with van der Waals surface area (Å²) in [7, 11) is 0. The molecule has 0 spiro atoms. The summed E-state index contributed by atoms with van der Waals surface area (Å²) in [5.74, 6) is 0.825. The Morgan fingerprint density at radius 3 is 2.71 bits per heavy atom. The third kappa shape index (κ3) is 3.13. The van der Waals surface area contributed by atoms with E-state index in [2.05, 4.69) is 34.3 Å². The van der Waals surface area contributed by atoms with Gasteiger partial charge in [-0.05, 0) is 36.0 Å². The Bertz CT molecular complexity index is 1030. The molecule has 0 amide bonds. The van der Waals surface area contributed by atoms with Crippen LogP contribution in [0, 0.1) is 3.95 Å². The smallest absolute Gasteiger partial charge is 0.184 e. The first kappa shape index (κ1) is 15.5. The maximum absolute atomic E-state index is 5.46. The second kappa shape index (κ2) is 6.84. The molecule has 3 nitrogen and oxygen atoms in total. The van der Waals surface area contributed by atoms with Crippen molar-refractivity contribution >= 4 is 46.2 Å².